The minimum atomic E-state index is -0.726. The molecule has 1 aliphatic rings. The largest absolute Gasteiger partial charge is 0.444 e. The molecule has 0 spiro atoms. The second kappa shape index (κ2) is 7.47. The lowest BCUT2D eigenvalue weighted by molar-refractivity contribution is -0.133. The van der Waals surface area contributed by atoms with Gasteiger partial charge in [0.1, 0.15) is 23.3 Å². The highest BCUT2D eigenvalue weighted by atomic mass is 19.1. The van der Waals surface area contributed by atoms with Gasteiger partial charge in [0.15, 0.2) is 0 Å². The summed E-state index contributed by atoms with van der Waals surface area (Å²) < 4.78 is 32.3. The molecule has 0 bridgehead atoms. The van der Waals surface area contributed by atoms with Crippen LogP contribution in [0.3, 0.4) is 0 Å². The number of hydrogen-bond donors (Lipinski definition) is 1. The smallest absolute Gasteiger partial charge is 0.411 e. The predicted molar refractivity (Wildman–Crippen MR) is 93.8 cm³/mol. The van der Waals surface area contributed by atoms with Crippen LogP contribution in [0.5, 0.6) is 0 Å². The van der Waals surface area contributed by atoms with Gasteiger partial charge in [0.05, 0.1) is 5.69 Å². The molecule has 1 N–H and O–H groups in total. The van der Waals surface area contributed by atoms with Gasteiger partial charge in [-0.3, -0.25) is 9.69 Å². The van der Waals surface area contributed by atoms with E-state index in [0.717, 1.165) is 12.1 Å². The zero-order valence-corrected chi connectivity index (χ0v) is 15.7. The molecule has 1 fully saturated rings. The molecule has 0 aromatic heterocycles. The number of ether oxygens (including phenoxy) is 1. The van der Waals surface area contributed by atoms with Gasteiger partial charge in [-0.15, -0.1) is 0 Å². The number of hydrogen-bond acceptors (Lipinski definition) is 4. The second-order valence-electron chi connectivity index (χ2n) is 7.58. The number of benzene rings is 1. The molecule has 2 unspecified atom stereocenters. The monoisotopic (exact) mass is 369 g/mol. The average Bonchev–Trinajstić information content (AvgIpc) is 2.91. The van der Waals surface area contributed by atoms with Crippen molar-refractivity contribution < 1.29 is 23.1 Å². The number of halogens is 2. The van der Waals surface area contributed by atoms with Crippen molar-refractivity contribution >= 4 is 17.7 Å². The molecule has 0 aliphatic carbocycles. The number of rotatable bonds is 3. The Bertz CT molecular complexity index is 689. The SMILES string of the molecule is CN(C)C(=O)C1CC(Nc2ccc(F)cc2F)CN1C(=O)OC(C)(C)C. The first-order valence-electron chi connectivity index (χ1n) is 8.40. The van der Waals surface area contributed by atoms with Gasteiger partial charge in [-0.25, -0.2) is 13.6 Å². The van der Waals surface area contributed by atoms with E-state index < -0.39 is 29.4 Å². The van der Waals surface area contributed by atoms with Crippen LogP contribution in [0.4, 0.5) is 19.3 Å². The molecule has 144 valence electrons. The highest BCUT2D eigenvalue weighted by Crippen LogP contribution is 2.26. The number of likely N-dealkylation sites (N-methyl/N-ethyl adjacent to an activating group) is 1. The molecule has 1 aromatic carbocycles. The predicted octanol–water partition coefficient (Wildman–Crippen LogP) is 2.84. The van der Waals surface area contributed by atoms with E-state index in [9.17, 15) is 18.4 Å². The number of nitrogens with zero attached hydrogens (tertiary/aromatic N) is 2. The molecule has 2 amide bonds. The highest BCUT2D eigenvalue weighted by Gasteiger charge is 2.42. The Labute approximate surface area is 152 Å². The van der Waals surface area contributed by atoms with E-state index in [2.05, 4.69) is 5.32 Å². The van der Waals surface area contributed by atoms with Gasteiger partial charge in [-0.05, 0) is 39.3 Å². The Hall–Kier alpha value is -2.38. The minimum Gasteiger partial charge on any atom is -0.444 e. The van der Waals surface area contributed by atoms with Crippen LogP contribution in [0.2, 0.25) is 0 Å². The maximum absolute atomic E-state index is 13.9. The molecule has 1 heterocycles. The molecular formula is C18H25F2N3O3. The molecule has 0 radical (unpaired) electrons. The molecule has 1 saturated heterocycles. The van der Waals surface area contributed by atoms with Crippen LogP contribution in [0.25, 0.3) is 0 Å². The normalized spacial score (nSPS) is 20.0. The van der Waals surface area contributed by atoms with Crippen molar-refractivity contribution in [3.05, 3.63) is 29.8 Å². The number of carbonyl (C=O) groups is 2. The number of carbonyl (C=O) groups excluding carboxylic acids is 2. The molecule has 0 saturated carbocycles. The van der Waals surface area contributed by atoms with E-state index in [1.165, 1.54) is 15.9 Å². The lowest BCUT2D eigenvalue weighted by Gasteiger charge is -2.29. The number of amides is 2. The van der Waals surface area contributed by atoms with Crippen LogP contribution >= 0.6 is 0 Å². The van der Waals surface area contributed by atoms with Gasteiger partial charge >= 0.3 is 6.09 Å². The van der Waals surface area contributed by atoms with Crippen LogP contribution in [-0.2, 0) is 9.53 Å². The van der Waals surface area contributed by atoms with Crippen molar-refractivity contribution in [3.8, 4) is 0 Å². The van der Waals surface area contributed by atoms with Gasteiger partial charge in [0.2, 0.25) is 5.91 Å². The fraction of sp³-hybridized carbons (Fsp3) is 0.556. The zero-order chi connectivity index (χ0) is 19.6. The fourth-order valence-corrected chi connectivity index (χ4v) is 2.82. The van der Waals surface area contributed by atoms with Crippen molar-refractivity contribution in [1.29, 1.82) is 0 Å². The topological polar surface area (TPSA) is 61.9 Å². The first-order valence-corrected chi connectivity index (χ1v) is 8.40. The highest BCUT2D eigenvalue weighted by molar-refractivity contribution is 5.86. The van der Waals surface area contributed by atoms with Crippen molar-refractivity contribution in [2.45, 2.75) is 44.9 Å². The van der Waals surface area contributed by atoms with Crippen molar-refractivity contribution in [1.82, 2.24) is 9.80 Å². The summed E-state index contributed by atoms with van der Waals surface area (Å²) in [5.74, 6) is -1.63. The van der Waals surface area contributed by atoms with E-state index in [1.807, 2.05) is 0 Å². The quantitative estimate of drug-likeness (QED) is 0.890. The van der Waals surface area contributed by atoms with E-state index >= 15 is 0 Å². The Balaban J connectivity index is 2.18. The Morgan fingerprint density at radius 3 is 2.46 bits per heavy atom. The molecule has 2 rings (SSSR count). The Kier molecular flexibility index (Phi) is 5.73. The van der Waals surface area contributed by atoms with Gasteiger partial charge in [-0.2, -0.15) is 0 Å². The summed E-state index contributed by atoms with van der Waals surface area (Å²) in [5.41, 5.74) is -0.573. The second-order valence-corrected chi connectivity index (χ2v) is 7.58. The first kappa shape index (κ1) is 19.9. The first-order chi connectivity index (χ1) is 12.0. The Morgan fingerprint density at radius 2 is 1.92 bits per heavy atom. The summed E-state index contributed by atoms with van der Waals surface area (Å²) in [6.07, 6.45) is -0.297. The third-order valence-corrected chi connectivity index (χ3v) is 3.95. The van der Waals surface area contributed by atoms with E-state index in [0.29, 0.717) is 6.42 Å². The summed E-state index contributed by atoms with van der Waals surface area (Å²) in [7, 11) is 3.21. The molecule has 2 atom stereocenters. The van der Waals surface area contributed by atoms with Crippen LogP contribution in [0, 0.1) is 11.6 Å². The number of likely N-dealkylation sites (tertiary alicyclic amines) is 1. The minimum absolute atomic E-state index is 0.124. The molecule has 26 heavy (non-hydrogen) atoms. The molecule has 1 aromatic rings. The molecular weight excluding hydrogens is 344 g/mol. The summed E-state index contributed by atoms with van der Waals surface area (Å²) in [6, 6.07) is 2.15. The third kappa shape index (κ3) is 4.83. The van der Waals surface area contributed by atoms with Gasteiger partial charge in [-0.1, -0.05) is 0 Å². The van der Waals surface area contributed by atoms with Crippen molar-refractivity contribution in [3.63, 3.8) is 0 Å². The van der Waals surface area contributed by atoms with Crippen molar-refractivity contribution in [2.24, 2.45) is 0 Å². The number of nitrogens with one attached hydrogen (secondary N) is 1. The lowest BCUT2D eigenvalue weighted by atomic mass is 10.1. The maximum atomic E-state index is 13.9. The van der Waals surface area contributed by atoms with Crippen LogP contribution in [-0.4, -0.2) is 60.1 Å². The average molecular weight is 369 g/mol. The van der Waals surface area contributed by atoms with Crippen LogP contribution in [0.15, 0.2) is 18.2 Å². The number of anilines is 1. The maximum Gasteiger partial charge on any atom is 0.411 e. The third-order valence-electron chi connectivity index (χ3n) is 3.95. The fourth-order valence-electron chi connectivity index (χ4n) is 2.82. The van der Waals surface area contributed by atoms with Gasteiger partial charge < -0.3 is 15.0 Å². The van der Waals surface area contributed by atoms with Gasteiger partial charge in [0.25, 0.3) is 0 Å². The lowest BCUT2D eigenvalue weighted by Crippen LogP contribution is -2.47. The summed E-state index contributed by atoms with van der Waals surface area (Å²) in [4.78, 5) is 27.7. The van der Waals surface area contributed by atoms with Crippen molar-refractivity contribution in [2.75, 3.05) is 26.0 Å². The van der Waals surface area contributed by atoms with E-state index in [1.54, 1.807) is 34.9 Å². The summed E-state index contributed by atoms with van der Waals surface area (Å²) >= 11 is 0. The summed E-state index contributed by atoms with van der Waals surface area (Å²) in [5, 5.41) is 2.95. The Morgan fingerprint density at radius 1 is 1.27 bits per heavy atom. The molecule has 6 nitrogen and oxygen atoms in total. The van der Waals surface area contributed by atoms with Crippen LogP contribution < -0.4 is 5.32 Å². The molecule has 1 aliphatic heterocycles. The van der Waals surface area contributed by atoms with Crippen LogP contribution in [0.1, 0.15) is 27.2 Å². The van der Waals surface area contributed by atoms with Gasteiger partial charge in [0, 0.05) is 32.7 Å². The van der Waals surface area contributed by atoms with E-state index in [-0.39, 0.29) is 24.2 Å². The molecule has 8 heteroatoms. The standard InChI is InChI=1S/C18H25F2N3O3/c1-18(2,3)26-17(25)23-10-12(9-15(23)16(24)22(4)5)21-14-7-6-11(19)8-13(14)20/h6-8,12,15,21H,9-10H2,1-5H3. The van der Waals surface area contributed by atoms with E-state index in [4.69, 9.17) is 4.74 Å². The summed E-state index contributed by atoms with van der Waals surface area (Å²) in [6.45, 7) is 5.41. The zero-order valence-electron chi connectivity index (χ0n) is 15.7.